The third kappa shape index (κ3) is 5.20. The number of methoxy groups -OCH3 is 1. The van der Waals surface area contributed by atoms with Gasteiger partial charge in [0.05, 0.1) is 30.7 Å². The molecule has 11 nitrogen and oxygen atoms in total. The van der Waals surface area contributed by atoms with Crippen molar-refractivity contribution < 1.29 is 33.8 Å². The van der Waals surface area contributed by atoms with Gasteiger partial charge in [-0.05, 0) is 37.0 Å². The molecule has 3 N–H and O–H groups in total. The van der Waals surface area contributed by atoms with Gasteiger partial charge in [-0.1, -0.05) is 61.0 Å². The lowest BCUT2D eigenvalue weighted by Crippen LogP contribution is -2.73. The number of amides is 6. The summed E-state index contributed by atoms with van der Waals surface area (Å²) < 4.78 is 5.17. The Labute approximate surface area is 256 Å². The highest BCUT2D eigenvalue weighted by Crippen LogP contribution is 2.55. The number of anilines is 1. The number of para-hydroxylation sites is 1. The first-order valence-corrected chi connectivity index (χ1v) is 15.0. The number of imide groups is 2. The Bertz CT molecular complexity index is 1460. The molecule has 1 aliphatic carbocycles. The molecule has 4 atom stereocenters. The summed E-state index contributed by atoms with van der Waals surface area (Å²) in [5.41, 5.74) is 0.186. The normalized spacial score (nSPS) is 24.7. The third-order valence-corrected chi connectivity index (χ3v) is 8.96. The van der Waals surface area contributed by atoms with Crippen molar-refractivity contribution in [3.8, 4) is 0 Å². The molecule has 2 aromatic rings. The molecular formula is C33H38N4O7. The number of aliphatic hydroxyl groups is 1. The van der Waals surface area contributed by atoms with Gasteiger partial charge in [0.25, 0.3) is 5.91 Å². The molecule has 0 spiro atoms. The Balaban J connectivity index is 1.77. The highest BCUT2D eigenvalue weighted by atomic mass is 16.5. The molecule has 11 heteroatoms. The SMILES string of the molecule is CCC1=C2CC[C@H]3C(=O)N(c4ccccc4)C(=O)[C@H]3[C@H]2[C@@](Cc2ccccc2)(C(=O)NCCOC)N(C(=O)NCCO)C1=O. The zero-order valence-electron chi connectivity index (χ0n) is 25.0. The number of aliphatic hydroxyl groups excluding tert-OH is 1. The second kappa shape index (κ2) is 13.1. The first kappa shape index (κ1) is 31.1. The molecule has 3 aliphatic rings. The molecule has 1 saturated carbocycles. The van der Waals surface area contributed by atoms with Gasteiger partial charge in [0, 0.05) is 38.1 Å². The van der Waals surface area contributed by atoms with Crippen LogP contribution < -0.4 is 15.5 Å². The highest BCUT2D eigenvalue weighted by molar-refractivity contribution is 6.23. The molecule has 232 valence electrons. The van der Waals surface area contributed by atoms with E-state index in [-0.39, 0.29) is 45.1 Å². The first-order chi connectivity index (χ1) is 21.3. The summed E-state index contributed by atoms with van der Waals surface area (Å²) in [6, 6.07) is 16.8. The van der Waals surface area contributed by atoms with Gasteiger partial charge in [-0.25, -0.2) is 9.69 Å². The Morgan fingerprint density at radius 3 is 2.30 bits per heavy atom. The summed E-state index contributed by atoms with van der Waals surface area (Å²) in [6.07, 6.45) is 0.843. The molecule has 2 heterocycles. The zero-order chi connectivity index (χ0) is 31.4. The largest absolute Gasteiger partial charge is 0.395 e. The number of benzene rings is 2. The molecule has 0 bridgehead atoms. The number of carbonyl (C=O) groups is 5. The number of urea groups is 1. The second-order valence-corrected chi connectivity index (χ2v) is 11.3. The fraction of sp³-hybridized carbons (Fsp3) is 0.424. The lowest BCUT2D eigenvalue weighted by molar-refractivity contribution is -0.151. The van der Waals surface area contributed by atoms with E-state index in [0.717, 1.165) is 4.90 Å². The average Bonchev–Trinajstić information content (AvgIpc) is 3.29. The van der Waals surface area contributed by atoms with Crippen molar-refractivity contribution in [1.29, 1.82) is 0 Å². The zero-order valence-corrected chi connectivity index (χ0v) is 25.0. The van der Waals surface area contributed by atoms with E-state index >= 15 is 0 Å². The van der Waals surface area contributed by atoms with Crippen LogP contribution in [0.3, 0.4) is 0 Å². The molecule has 0 unspecified atom stereocenters. The van der Waals surface area contributed by atoms with E-state index in [2.05, 4.69) is 10.6 Å². The molecule has 0 radical (unpaired) electrons. The molecule has 2 aliphatic heterocycles. The van der Waals surface area contributed by atoms with Crippen molar-refractivity contribution in [2.75, 3.05) is 38.3 Å². The maximum Gasteiger partial charge on any atom is 0.325 e. The van der Waals surface area contributed by atoms with Crippen LogP contribution in [0.1, 0.15) is 31.7 Å². The third-order valence-electron chi connectivity index (χ3n) is 8.96. The summed E-state index contributed by atoms with van der Waals surface area (Å²) in [6.45, 7) is 1.54. The van der Waals surface area contributed by atoms with Crippen LogP contribution >= 0.6 is 0 Å². The van der Waals surface area contributed by atoms with E-state index in [9.17, 15) is 29.1 Å². The summed E-state index contributed by atoms with van der Waals surface area (Å²) in [4.78, 5) is 73.5. The molecule has 5 rings (SSSR count). The summed E-state index contributed by atoms with van der Waals surface area (Å²) in [5.74, 6) is -4.77. The quantitative estimate of drug-likeness (QED) is 0.279. The van der Waals surface area contributed by atoms with Gasteiger partial charge in [-0.2, -0.15) is 0 Å². The van der Waals surface area contributed by atoms with E-state index in [1.54, 1.807) is 61.5 Å². The lowest BCUT2D eigenvalue weighted by atomic mass is 9.57. The van der Waals surface area contributed by atoms with Crippen molar-refractivity contribution in [1.82, 2.24) is 15.5 Å². The predicted molar refractivity (Wildman–Crippen MR) is 161 cm³/mol. The van der Waals surface area contributed by atoms with Crippen LogP contribution in [0.15, 0.2) is 71.8 Å². The van der Waals surface area contributed by atoms with Crippen molar-refractivity contribution >= 4 is 35.3 Å². The minimum Gasteiger partial charge on any atom is -0.395 e. The standard InChI is InChI=1S/C33H38N4O7/c1-3-23-24-14-15-25-26(30(41)36(28(25)39)22-12-8-5-9-13-22)27(24)33(31(42)34-17-19-44-2,20-21-10-6-4-7-11-21)37(29(23)40)32(43)35-16-18-38/h4-13,25-27,38H,3,14-20H2,1-2H3,(H,34,42)(H,35,43)/t25-,26-,27+,33+/m1/s1. The minimum absolute atomic E-state index is 0.0911. The highest BCUT2D eigenvalue weighted by Gasteiger charge is 2.67. The van der Waals surface area contributed by atoms with E-state index in [0.29, 0.717) is 35.2 Å². The topological polar surface area (TPSA) is 145 Å². The van der Waals surface area contributed by atoms with Gasteiger partial charge in [-0.15, -0.1) is 0 Å². The maximum absolute atomic E-state index is 14.7. The Hall–Kier alpha value is -4.35. The minimum atomic E-state index is -1.91. The molecule has 1 saturated heterocycles. The maximum atomic E-state index is 14.7. The van der Waals surface area contributed by atoms with Crippen LogP contribution in [0.5, 0.6) is 0 Å². The molecule has 2 fully saturated rings. The van der Waals surface area contributed by atoms with Crippen LogP contribution in [-0.2, 0) is 30.3 Å². The number of hydrogen-bond donors (Lipinski definition) is 3. The summed E-state index contributed by atoms with van der Waals surface area (Å²) >= 11 is 0. The number of ether oxygens (including phenoxy) is 1. The smallest absolute Gasteiger partial charge is 0.325 e. The second-order valence-electron chi connectivity index (χ2n) is 11.3. The molecule has 2 aromatic carbocycles. The fourth-order valence-corrected chi connectivity index (χ4v) is 7.19. The van der Waals surface area contributed by atoms with Gasteiger partial charge in [0.1, 0.15) is 5.54 Å². The van der Waals surface area contributed by atoms with Crippen LogP contribution in [0, 0.1) is 17.8 Å². The van der Waals surface area contributed by atoms with Crippen molar-refractivity contribution in [2.24, 2.45) is 17.8 Å². The van der Waals surface area contributed by atoms with Gasteiger partial charge in [0.2, 0.25) is 17.7 Å². The monoisotopic (exact) mass is 602 g/mol. The fourth-order valence-electron chi connectivity index (χ4n) is 7.19. The van der Waals surface area contributed by atoms with E-state index in [4.69, 9.17) is 4.74 Å². The number of carbonyl (C=O) groups excluding carboxylic acids is 5. The van der Waals surface area contributed by atoms with E-state index in [1.807, 2.05) is 6.07 Å². The van der Waals surface area contributed by atoms with E-state index in [1.165, 1.54) is 12.0 Å². The Morgan fingerprint density at radius 2 is 1.66 bits per heavy atom. The Kier molecular flexibility index (Phi) is 9.26. The van der Waals surface area contributed by atoms with Gasteiger partial charge < -0.3 is 20.5 Å². The first-order valence-electron chi connectivity index (χ1n) is 15.0. The Morgan fingerprint density at radius 1 is 0.977 bits per heavy atom. The van der Waals surface area contributed by atoms with Crippen LogP contribution in [0.25, 0.3) is 0 Å². The number of nitrogens with zero attached hydrogens (tertiary/aromatic N) is 2. The van der Waals surface area contributed by atoms with Gasteiger partial charge in [-0.3, -0.25) is 24.1 Å². The van der Waals surface area contributed by atoms with Crippen molar-refractivity contribution in [2.45, 2.75) is 38.1 Å². The molecule has 0 aromatic heterocycles. The predicted octanol–water partition coefficient (Wildman–Crippen LogP) is 2.20. The molecule has 44 heavy (non-hydrogen) atoms. The van der Waals surface area contributed by atoms with Gasteiger partial charge in [0.15, 0.2) is 0 Å². The van der Waals surface area contributed by atoms with Gasteiger partial charge >= 0.3 is 6.03 Å². The van der Waals surface area contributed by atoms with E-state index < -0.39 is 47.0 Å². The van der Waals surface area contributed by atoms with Crippen LogP contribution in [0.2, 0.25) is 0 Å². The number of nitrogens with one attached hydrogen (secondary N) is 2. The van der Waals surface area contributed by atoms with Crippen LogP contribution in [-0.4, -0.2) is 78.6 Å². The van der Waals surface area contributed by atoms with Crippen LogP contribution in [0.4, 0.5) is 10.5 Å². The summed E-state index contributed by atoms with van der Waals surface area (Å²) in [5, 5.41) is 14.9. The number of rotatable bonds is 10. The summed E-state index contributed by atoms with van der Waals surface area (Å²) in [7, 11) is 1.49. The number of hydrogen-bond acceptors (Lipinski definition) is 7. The van der Waals surface area contributed by atoms with Crippen molar-refractivity contribution in [3.05, 3.63) is 77.4 Å². The molecular weight excluding hydrogens is 564 g/mol. The molecule has 6 amide bonds. The lowest BCUT2D eigenvalue weighted by Gasteiger charge is -2.54. The average molecular weight is 603 g/mol. The van der Waals surface area contributed by atoms with Crippen molar-refractivity contribution in [3.63, 3.8) is 0 Å². The number of fused-ring (bicyclic) bond motifs is 3.